The molecule has 1 rings (SSSR count). The number of amides is 1. The fraction of sp³-hybridized carbons (Fsp3) is 0.857. The van der Waals surface area contributed by atoms with Gasteiger partial charge in [0.2, 0.25) is 5.91 Å². The third-order valence-electron chi connectivity index (χ3n) is 3.50. The van der Waals surface area contributed by atoms with Crippen molar-refractivity contribution in [3.8, 4) is 0 Å². The Morgan fingerprint density at radius 1 is 1.42 bits per heavy atom. The van der Waals surface area contributed by atoms with Crippen LogP contribution in [0.4, 0.5) is 0 Å². The van der Waals surface area contributed by atoms with Crippen molar-refractivity contribution in [2.45, 2.75) is 39.5 Å². The van der Waals surface area contributed by atoms with E-state index < -0.39 is 5.97 Å². The minimum atomic E-state index is -0.792. The summed E-state index contributed by atoms with van der Waals surface area (Å²) in [5.41, 5.74) is 0. The quantitative estimate of drug-likeness (QED) is 0.650. The second-order valence-electron chi connectivity index (χ2n) is 5.88. The molecule has 0 saturated carbocycles. The first kappa shape index (κ1) is 16.0. The summed E-state index contributed by atoms with van der Waals surface area (Å²) in [4.78, 5) is 22.8. The number of piperidine rings is 1. The zero-order valence-electron chi connectivity index (χ0n) is 11.9. The van der Waals surface area contributed by atoms with Crippen LogP contribution in [0.1, 0.15) is 39.5 Å². The molecule has 110 valence electrons. The number of carbonyl (C=O) groups excluding carboxylic acids is 1. The van der Waals surface area contributed by atoms with E-state index in [2.05, 4.69) is 24.5 Å². The molecule has 19 heavy (non-hydrogen) atoms. The van der Waals surface area contributed by atoms with Gasteiger partial charge in [0, 0.05) is 19.5 Å². The van der Waals surface area contributed by atoms with Crippen LogP contribution in [0.25, 0.3) is 0 Å². The number of carbonyl (C=O) groups is 2. The lowest BCUT2D eigenvalue weighted by atomic mass is 9.93. The van der Waals surface area contributed by atoms with Crippen LogP contribution in [0.3, 0.4) is 0 Å². The molecule has 2 atom stereocenters. The lowest BCUT2D eigenvalue weighted by molar-refractivity contribution is -0.138. The van der Waals surface area contributed by atoms with Crippen LogP contribution < -0.4 is 10.6 Å². The van der Waals surface area contributed by atoms with E-state index in [1.54, 1.807) is 0 Å². The number of hydrogen-bond donors (Lipinski definition) is 3. The Morgan fingerprint density at radius 2 is 2.16 bits per heavy atom. The third-order valence-corrected chi connectivity index (χ3v) is 3.50. The number of hydrogen-bond acceptors (Lipinski definition) is 3. The van der Waals surface area contributed by atoms with E-state index in [9.17, 15) is 9.59 Å². The van der Waals surface area contributed by atoms with Crippen molar-refractivity contribution in [3.63, 3.8) is 0 Å². The Bertz CT molecular complexity index is 299. The Hall–Kier alpha value is -1.10. The highest BCUT2D eigenvalue weighted by Gasteiger charge is 2.22. The van der Waals surface area contributed by atoms with Gasteiger partial charge >= 0.3 is 5.97 Å². The van der Waals surface area contributed by atoms with Crippen LogP contribution in [0.15, 0.2) is 0 Å². The van der Waals surface area contributed by atoms with Crippen LogP contribution in [-0.4, -0.2) is 36.6 Å². The van der Waals surface area contributed by atoms with Gasteiger partial charge in [-0.2, -0.15) is 0 Å². The van der Waals surface area contributed by atoms with Gasteiger partial charge in [0.15, 0.2) is 0 Å². The van der Waals surface area contributed by atoms with E-state index >= 15 is 0 Å². The lowest BCUT2D eigenvalue weighted by Gasteiger charge is -2.24. The van der Waals surface area contributed by atoms with Crippen LogP contribution in [0.5, 0.6) is 0 Å². The molecule has 0 radical (unpaired) electrons. The predicted molar refractivity (Wildman–Crippen MR) is 73.8 cm³/mol. The summed E-state index contributed by atoms with van der Waals surface area (Å²) < 4.78 is 0. The highest BCUT2D eigenvalue weighted by molar-refractivity contribution is 5.79. The molecule has 1 saturated heterocycles. The average Bonchev–Trinajstić information content (AvgIpc) is 2.35. The Kier molecular flexibility index (Phi) is 6.84. The molecule has 0 spiro atoms. The molecule has 5 heteroatoms. The topological polar surface area (TPSA) is 78.4 Å². The number of carboxylic acids is 1. The van der Waals surface area contributed by atoms with Crippen molar-refractivity contribution in [1.82, 2.24) is 10.6 Å². The molecule has 2 unspecified atom stereocenters. The van der Waals surface area contributed by atoms with Gasteiger partial charge < -0.3 is 15.7 Å². The van der Waals surface area contributed by atoms with Crippen LogP contribution in [0, 0.1) is 17.8 Å². The van der Waals surface area contributed by atoms with E-state index in [-0.39, 0.29) is 24.2 Å². The maximum atomic E-state index is 12.0. The summed E-state index contributed by atoms with van der Waals surface area (Å²) in [6.45, 7) is 6.33. The van der Waals surface area contributed by atoms with E-state index in [0.29, 0.717) is 12.5 Å². The van der Waals surface area contributed by atoms with Gasteiger partial charge in [0.25, 0.3) is 0 Å². The summed E-state index contributed by atoms with van der Waals surface area (Å²) in [7, 11) is 0. The highest BCUT2D eigenvalue weighted by atomic mass is 16.4. The van der Waals surface area contributed by atoms with Crippen molar-refractivity contribution >= 4 is 11.9 Å². The summed E-state index contributed by atoms with van der Waals surface area (Å²) in [6, 6.07) is 0. The molecule has 5 nitrogen and oxygen atoms in total. The molecule has 1 aliphatic rings. The molecular formula is C14H26N2O3. The molecule has 0 aromatic carbocycles. The number of aliphatic carboxylic acids is 1. The lowest BCUT2D eigenvalue weighted by Crippen LogP contribution is -2.42. The normalized spacial score (nSPS) is 21.1. The van der Waals surface area contributed by atoms with Gasteiger partial charge in [-0.15, -0.1) is 0 Å². The molecular weight excluding hydrogens is 244 g/mol. The Labute approximate surface area is 115 Å². The fourth-order valence-corrected chi connectivity index (χ4v) is 2.62. The summed E-state index contributed by atoms with van der Waals surface area (Å²) in [6.07, 6.45) is 2.91. The number of nitrogens with one attached hydrogen (secondary N) is 2. The zero-order valence-corrected chi connectivity index (χ0v) is 11.9. The van der Waals surface area contributed by atoms with Crippen LogP contribution in [-0.2, 0) is 9.59 Å². The van der Waals surface area contributed by atoms with Gasteiger partial charge in [0.05, 0.1) is 5.92 Å². The van der Waals surface area contributed by atoms with Crippen LogP contribution >= 0.6 is 0 Å². The van der Waals surface area contributed by atoms with Crippen molar-refractivity contribution in [2.75, 3.05) is 19.6 Å². The van der Waals surface area contributed by atoms with E-state index in [1.165, 1.54) is 0 Å². The predicted octanol–water partition coefficient (Wildman–Crippen LogP) is 1.24. The second kappa shape index (κ2) is 8.15. The third kappa shape index (κ3) is 6.57. The van der Waals surface area contributed by atoms with Gasteiger partial charge in [0.1, 0.15) is 0 Å². The van der Waals surface area contributed by atoms with Crippen molar-refractivity contribution in [2.24, 2.45) is 17.8 Å². The summed E-state index contributed by atoms with van der Waals surface area (Å²) in [5, 5.41) is 15.0. The van der Waals surface area contributed by atoms with Crippen LogP contribution in [0.2, 0.25) is 0 Å². The molecule has 1 fully saturated rings. The molecule has 1 aliphatic heterocycles. The summed E-state index contributed by atoms with van der Waals surface area (Å²) in [5.74, 6) is -0.223. The van der Waals surface area contributed by atoms with Crippen molar-refractivity contribution < 1.29 is 14.7 Å². The van der Waals surface area contributed by atoms with Crippen molar-refractivity contribution in [3.05, 3.63) is 0 Å². The maximum Gasteiger partial charge on any atom is 0.303 e. The fourth-order valence-electron chi connectivity index (χ4n) is 2.62. The Morgan fingerprint density at radius 3 is 2.68 bits per heavy atom. The van der Waals surface area contributed by atoms with Gasteiger partial charge in [-0.05, 0) is 37.6 Å². The first-order valence-corrected chi connectivity index (χ1v) is 7.19. The summed E-state index contributed by atoms with van der Waals surface area (Å²) >= 11 is 0. The second-order valence-corrected chi connectivity index (χ2v) is 5.88. The monoisotopic (exact) mass is 270 g/mol. The molecule has 0 aromatic rings. The van der Waals surface area contributed by atoms with E-state index in [4.69, 9.17) is 5.11 Å². The minimum Gasteiger partial charge on any atom is -0.481 e. The molecule has 1 heterocycles. The first-order valence-electron chi connectivity index (χ1n) is 7.19. The molecule has 3 N–H and O–H groups in total. The van der Waals surface area contributed by atoms with E-state index in [1.807, 2.05) is 0 Å². The molecule has 0 aliphatic carbocycles. The largest absolute Gasteiger partial charge is 0.481 e. The van der Waals surface area contributed by atoms with Crippen molar-refractivity contribution in [1.29, 1.82) is 0 Å². The Balaban J connectivity index is 2.36. The molecule has 1 amide bonds. The molecule has 0 bridgehead atoms. The molecule has 0 aromatic heterocycles. The highest BCUT2D eigenvalue weighted by Crippen LogP contribution is 2.15. The standard InChI is InChI=1S/C14H26N2O3/c1-10(2)6-11(7-13(17)18)8-16-14(19)12-4-3-5-15-9-12/h10-12,15H,3-9H2,1-2H3,(H,16,19)(H,17,18). The maximum absolute atomic E-state index is 12.0. The van der Waals surface area contributed by atoms with E-state index in [0.717, 1.165) is 32.4 Å². The van der Waals surface area contributed by atoms with Gasteiger partial charge in [-0.1, -0.05) is 13.8 Å². The minimum absolute atomic E-state index is 0.0259. The smallest absolute Gasteiger partial charge is 0.303 e. The number of carboxylic acid groups (broad SMARTS) is 1. The first-order chi connectivity index (χ1) is 8.99. The number of rotatable bonds is 7. The van der Waals surface area contributed by atoms with Gasteiger partial charge in [-0.25, -0.2) is 0 Å². The van der Waals surface area contributed by atoms with Gasteiger partial charge in [-0.3, -0.25) is 9.59 Å². The SMILES string of the molecule is CC(C)CC(CNC(=O)C1CCCNC1)CC(=O)O. The average molecular weight is 270 g/mol. The zero-order chi connectivity index (χ0) is 14.3.